The van der Waals surface area contributed by atoms with Crippen LogP contribution in [0.5, 0.6) is 11.5 Å². The molecule has 0 aliphatic carbocycles. The van der Waals surface area contributed by atoms with Crippen molar-refractivity contribution < 1.29 is 19.1 Å². The SMILES string of the molecule is COc1ccc(CCC(=O)N(Cc2ccc(Cl)cc2)[C@H](C)C(=O)NC(C)C)cc1OC. The Labute approximate surface area is 189 Å². The zero-order valence-corrected chi connectivity index (χ0v) is 19.5. The van der Waals surface area contributed by atoms with E-state index in [1.165, 1.54) is 0 Å². The number of aryl methyl sites for hydroxylation is 1. The Hall–Kier alpha value is -2.73. The first-order chi connectivity index (χ1) is 14.7. The topological polar surface area (TPSA) is 67.9 Å². The molecule has 0 heterocycles. The third kappa shape index (κ3) is 7.17. The van der Waals surface area contributed by atoms with Gasteiger partial charge in [-0.1, -0.05) is 29.8 Å². The Kier molecular flexibility index (Phi) is 9.19. The Balaban J connectivity index is 2.16. The second-order valence-corrected chi connectivity index (χ2v) is 8.11. The van der Waals surface area contributed by atoms with E-state index in [1.54, 1.807) is 38.2 Å². The quantitative estimate of drug-likeness (QED) is 0.593. The molecular formula is C24H31ClN2O4. The molecule has 0 aliphatic rings. The average Bonchev–Trinajstić information content (AvgIpc) is 2.75. The molecule has 0 fully saturated rings. The van der Waals surface area contributed by atoms with Crippen LogP contribution < -0.4 is 14.8 Å². The van der Waals surface area contributed by atoms with Crippen LogP contribution in [0.3, 0.4) is 0 Å². The van der Waals surface area contributed by atoms with E-state index in [2.05, 4.69) is 5.32 Å². The predicted molar refractivity (Wildman–Crippen MR) is 123 cm³/mol. The normalized spacial score (nSPS) is 11.7. The molecule has 31 heavy (non-hydrogen) atoms. The largest absolute Gasteiger partial charge is 0.493 e. The maximum absolute atomic E-state index is 13.2. The molecular weight excluding hydrogens is 416 g/mol. The second kappa shape index (κ2) is 11.6. The van der Waals surface area contributed by atoms with Gasteiger partial charge in [0.2, 0.25) is 11.8 Å². The van der Waals surface area contributed by atoms with E-state index in [0.717, 1.165) is 11.1 Å². The molecule has 6 nitrogen and oxygen atoms in total. The van der Waals surface area contributed by atoms with Gasteiger partial charge in [0.15, 0.2) is 11.5 Å². The van der Waals surface area contributed by atoms with Crippen LogP contribution in [0.4, 0.5) is 0 Å². The van der Waals surface area contributed by atoms with E-state index in [-0.39, 0.29) is 24.3 Å². The van der Waals surface area contributed by atoms with E-state index >= 15 is 0 Å². The molecule has 0 aliphatic heterocycles. The van der Waals surface area contributed by atoms with Crippen molar-refractivity contribution in [2.75, 3.05) is 14.2 Å². The molecule has 2 amide bonds. The molecule has 0 aromatic heterocycles. The summed E-state index contributed by atoms with van der Waals surface area (Å²) in [6.07, 6.45) is 0.789. The van der Waals surface area contributed by atoms with E-state index in [4.69, 9.17) is 21.1 Å². The first-order valence-electron chi connectivity index (χ1n) is 10.3. The number of benzene rings is 2. The number of hydrogen-bond donors (Lipinski definition) is 1. The second-order valence-electron chi connectivity index (χ2n) is 7.68. The summed E-state index contributed by atoms with van der Waals surface area (Å²) in [4.78, 5) is 27.4. The zero-order chi connectivity index (χ0) is 23.0. The van der Waals surface area contributed by atoms with Crippen molar-refractivity contribution >= 4 is 23.4 Å². The predicted octanol–water partition coefficient (Wildman–Crippen LogP) is 4.23. The summed E-state index contributed by atoms with van der Waals surface area (Å²) in [5.74, 6) is 0.982. The standard InChI is InChI=1S/C24H31ClN2O4/c1-16(2)26-24(29)17(3)27(15-19-6-10-20(25)11-7-19)23(28)13-9-18-8-12-21(30-4)22(14-18)31-5/h6-8,10-12,14,16-17H,9,13,15H2,1-5H3,(H,26,29)/t17-/m1/s1. The van der Waals surface area contributed by atoms with E-state index in [0.29, 0.717) is 29.5 Å². The highest BCUT2D eigenvalue weighted by Gasteiger charge is 2.26. The molecule has 0 spiro atoms. The smallest absolute Gasteiger partial charge is 0.242 e. The molecule has 168 valence electrons. The molecule has 1 N–H and O–H groups in total. The van der Waals surface area contributed by atoms with Crippen molar-refractivity contribution in [2.24, 2.45) is 0 Å². The molecule has 0 saturated carbocycles. The number of amides is 2. The molecule has 1 atom stereocenters. The van der Waals surface area contributed by atoms with Gasteiger partial charge in [0.1, 0.15) is 6.04 Å². The lowest BCUT2D eigenvalue weighted by Crippen LogP contribution is -2.49. The number of carbonyl (C=O) groups excluding carboxylic acids is 2. The van der Waals surface area contributed by atoms with Crippen LogP contribution >= 0.6 is 11.6 Å². The van der Waals surface area contributed by atoms with Crippen LogP contribution in [0, 0.1) is 0 Å². The molecule has 2 aromatic rings. The van der Waals surface area contributed by atoms with Crippen molar-refractivity contribution in [2.45, 2.75) is 52.2 Å². The van der Waals surface area contributed by atoms with Gasteiger partial charge in [0.05, 0.1) is 14.2 Å². The highest BCUT2D eigenvalue weighted by atomic mass is 35.5. The summed E-state index contributed by atoms with van der Waals surface area (Å²) in [5, 5.41) is 3.52. The van der Waals surface area contributed by atoms with E-state index in [9.17, 15) is 9.59 Å². The minimum Gasteiger partial charge on any atom is -0.493 e. The van der Waals surface area contributed by atoms with Gasteiger partial charge in [-0.15, -0.1) is 0 Å². The van der Waals surface area contributed by atoms with Crippen LogP contribution in [0.2, 0.25) is 5.02 Å². The summed E-state index contributed by atoms with van der Waals surface area (Å²) in [7, 11) is 3.16. The van der Waals surface area contributed by atoms with Gasteiger partial charge in [-0.05, 0) is 62.6 Å². The van der Waals surface area contributed by atoms with Crippen molar-refractivity contribution in [3.8, 4) is 11.5 Å². The maximum atomic E-state index is 13.2. The fourth-order valence-corrected chi connectivity index (χ4v) is 3.33. The van der Waals surface area contributed by atoms with Crippen molar-refractivity contribution in [3.63, 3.8) is 0 Å². The third-order valence-electron chi connectivity index (χ3n) is 4.94. The number of halogens is 1. The number of nitrogens with zero attached hydrogens (tertiary/aromatic N) is 1. The Morgan fingerprint density at radius 2 is 1.58 bits per heavy atom. The fraction of sp³-hybridized carbons (Fsp3) is 0.417. The molecule has 2 rings (SSSR count). The Bertz CT molecular complexity index is 884. The monoisotopic (exact) mass is 446 g/mol. The number of methoxy groups -OCH3 is 2. The molecule has 0 bridgehead atoms. The lowest BCUT2D eigenvalue weighted by Gasteiger charge is -2.29. The van der Waals surface area contributed by atoms with Gasteiger partial charge < -0.3 is 19.7 Å². The maximum Gasteiger partial charge on any atom is 0.242 e. The minimum atomic E-state index is -0.601. The molecule has 0 saturated heterocycles. The zero-order valence-electron chi connectivity index (χ0n) is 18.8. The lowest BCUT2D eigenvalue weighted by atomic mass is 10.1. The van der Waals surface area contributed by atoms with Gasteiger partial charge in [-0.25, -0.2) is 0 Å². The number of hydrogen-bond acceptors (Lipinski definition) is 4. The van der Waals surface area contributed by atoms with Crippen LogP contribution in [0.15, 0.2) is 42.5 Å². The molecule has 2 aromatic carbocycles. The van der Waals surface area contributed by atoms with Crippen molar-refractivity contribution in [1.82, 2.24) is 10.2 Å². The highest BCUT2D eigenvalue weighted by Crippen LogP contribution is 2.28. The van der Waals surface area contributed by atoms with Crippen molar-refractivity contribution in [1.29, 1.82) is 0 Å². The lowest BCUT2D eigenvalue weighted by molar-refractivity contribution is -0.140. The van der Waals surface area contributed by atoms with Gasteiger partial charge in [0, 0.05) is 24.0 Å². The Morgan fingerprint density at radius 1 is 0.968 bits per heavy atom. The molecule has 0 radical (unpaired) electrons. The highest BCUT2D eigenvalue weighted by molar-refractivity contribution is 6.30. The van der Waals surface area contributed by atoms with Crippen molar-refractivity contribution in [3.05, 3.63) is 58.6 Å². The van der Waals surface area contributed by atoms with Gasteiger partial charge in [0.25, 0.3) is 0 Å². The summed E-state index contributed by atoms with van der Waals surface area (Å²) in [6.45, 7) is 5.87. The van der Waals surface area contributed by atoms with E-state index in [1.807, 2.05) is 44.2 Å². The molecule has 7 heteroatoms. The summed E-state index contributed by atoms with van der Waals surface area (Å²) in [6, 6.07) is 12.3. The first-order valence-corrected chi connectivity index (χ1v) is 10.7. The third-order valence-corrected chi connectivity index (χ3v) is 5.19. The van der Waals surface area contributed by atoms with Crippen LogP contribution in [0.1, 0.15) is 38.3 Å². The number of ether oxygens (including phenoxy) is 2. The van der Waals surface area contributed by atoms with Crippen LogP contribution in [-0.4, -0.2) is 43.0 Å². The van der Waals surface area contributed by atoms with Gasteiger partial charge in [-0.3, -0.25) is 9.59 Å². The average molecular weight is 447 g/mol. The summed E-state index contributed by atoms with van der Waals surface area (Å²) in [5.41, 5.74) is 1.87. The van der Waals surface area contributed by atoms with E-state index < -0.39 is 6.04 Å². The first kappa shape index (κ1) is 24.5. The fourth-order valence-electron chi connectivity index (χ4n) is 3.21. The van der Waals surface area contributed by atoms with Gasteiger partial charge >= 0.3 is 0 Å². The minimum absolute atomic E-state index is 0.00537. The molecule has 0 unspecified atom stereocenters. The number of carbonyl (C=O) groups is 2. The van der Waals surface area contributed by atoms with Crippen LogP contribution in [-0.2, 0) is 22.6 Å². The summed E-state index contributed by atoms with van der Waals surface area (Å²) >= 11 is 5.98. The van der Waals surface area contributed by atoms with Gasteiger partial charge in [-0.2, -0.15) is 0 Å². The Morgan fingerprint density at radius 3 is 2.16 bits per heavy atom. The number of nitrogens with one attached hydrogen (secondary N) is 1. The number of rotatable bonds is 10. The van der Waals surface area contributed by atoms with Crippen LogP contribution in [0.25, 0.3) is 0 Å². The summed E-state index contributed by atoms with van der Waals surface area (Å²) < 4.78 is 10.6.